The molecule has 2 aromatic heterocycles. The number of nitrogens with zero attached hydrogens (tertiary/aromatic N) is 4. The Morgan fingerprint density at radius 1 is 1.17 bits per heavy atom. The summed E-state index contributed by atoms with van der Waals surface area (Å²) in [5.74, 6) is 0.414. The molecule has 0 unspecified atom stereocenters. The van der Waals surface area contributed by atoms with Crippen LogP contribution in [0.2, 0.25) is 0 Å². The molecule has 0 saturated carbocycles. The molecule has 0 atom stereocenters. The second-order valence-electron chi connectivity index (χ2n) is 6.37. The molecule has 0 amide bonds. The Balaban J connectivity index is 1.60. The fraction of sp³-hybridized carbons (Fsp3) is 0.0476. The highest BCUT2D eigenvalue weighted by Crippen LogP contribution is 2.27. The number of nitrogens with one attached hydrogen (secondary N) is 3. The number of H-pyrrole nitrogens is 2. The molecule has 0 aliphatic rings. The summed E-state index contributed by atoms with van der Waals surface area (Å²) in [5.41, 5.74) is 4.40. The first kappa shape index (κ1) is 18.1. The fourth-order valence-electron chi connectivity index (χ4n) is 2.86. The van der Waals surface area contributed by atoms with Crippen LogP contribution in [0, 0.1) is 24.1 Å². The lowest BCUT2D eigenvalue weighted by molar-refractivity contribution is 0.628. The number of anilines is 2. The minimum Gasteiger partial charge on any atom is -0.339 e. The summed E-state index contributed by atoms with van der Waals surface area (Å²) in [6.07, 6.45) is 3.17. The van der Waals surface area contributed by atoms with Gasteiger partial charge in [0.2, 0.25) is 0 Å². The van der Waals surface area contributed by atoms with Gasteiger partial charge in [0.25, 0.3) is 0 Å². The number of nitriles is 1. The first-order valence-electron chi connectivity index (χ1n) is 8.79. The number of aliphatic imine (C=N–C) groups is 1. The molecule has 3 N–H and O–H groups in total. The van der Waals surface area contributed by atoms with Crippen molar-refractivity contribution in [3.8, 4) is 17.3 Å². The SMILES string of the molecule is Cc1cccc(Nc2[nH]nc(N=Cc3cn[nH]c3-c3ccc(F)cc3)c2C#N)c1. The van der Waals surface area contributed by atoms with Crippen molar-refractivity contribution >= 4 is 23.5 Å². The molecular weight excluding hydrogens is 369 g/mol. The van der Waals surface area contributed by atoms with E-state index in [0.29, 0.717) is 22.6 Å². The number of aromatic nitrogens is 4. The van der Waals surface area contributed by atoms with Gasteiger partial charge in [-0.15, -0.1) is 0 Å². The van der Waals surface area contributed by atoms with E-state index in [1.807, 2.05) is 31.2 Å². The van der Waals surface area contributed by atoms with E-state index in [1.165, 1.54) is 12.1 Å². The van der Waals surface area contributed by atoms with Crippen LogP contribution >= 0.6 is 0 Å². The zero-order valence-electron chi connectivity index (χ0n) is 15.4. The molecule has 0 fully saturated rings. The van der Waals surface area contributed by atoms with E-state index in [4.69, 9.17) is 0 Å². The molecule has 0 saturated heterocycles. The first-order chi connectivity index (χ1) is 14.1. The van der Waals surface area contributed by atoms with Crippen molar-refractivity contribution in [2.75, 3.05) is 5.32 Å². The van der Waals surface area contributed by atoms with Crippen molar-refractivity contribution in [3.05, 3.63) is 77.2 Å². The zero-order valence-corrected chi connectivity index (χ0v) is 15.4. The number of hydrogen-bond acceptors (Lipinski definition) is 5. The molecule has 8 heteroatoms. The van der Waals surface area contributed by atoms with Gasteiger partial charge in [0.15, 0.2) is 5.82 Å². The van der Waals surface area contributed by atoms with Gasteiger partial charge in [-0.1, -0.05) is 12.1 Å². The molecule has 2 heterocycles. The maximum absolute atomic E-state index is 13.2. The van der Waals surface area contributed by atoms with Gasteiger partial charge in [-0.2, -0.15) is 15.5 Å². The highest BCUT2D eigenvalue weighted by molar-refractivity contribution is 5.90. The summed E-state index contributed by atoms with van der Waals surface area (Å²) in [7, 11) is 0. The summed E-state index contributed by atoms with van der Waals surface area (Å²) in [6.45, 7) is 1.99. The second kappa shape index (κ2) is 7.78. The lowest BCUT2D eigenvalue weighted by atomic mass is 10.1. The average molecular weight is 385 g/mol. The third kappa shape index (κ3) is 3.89. The maximum Gasteiger partial charge on any atom is 0.193 e. The Kier molecular flexibility index (Phi) is 4.86. The molecule has 0 aliphatic carbocycles. The maximum atomic E-state index is 13.2. The van der Waals surface area contributed by atoms with Crippen molar-refractivity contribution in [2.45, 2.75) is 6.92 Å². The third-order valence-electron chi connectivity index (χ3n) is 4.27. The van der Waals surface area contributed by atoms with Gasteiger partial charge in [0.05, 0.1) is 11.9 Å². The van der Waals surface area contributed by atoms with Crippen molar-refractivity contribution < 1.29 is 4.39 Å². The van der Waals surface area contributed by atoms with Crippen LogP contribution in [0.15, 0.2) is 59.7 Å². The van der Waals surface area contributed by atoms with E-state index in [0.717, 1.165) is 16.8 Å². The first-order valence-corrected chi connectivity index (χ1v) is 8.79. The number of rotatable bonds is 5. The monoisotopic (exact) mass is 385 g/mol. The van der Waals surface area contributed by atoms with E-state index in [1.54, 1.807) is 24.5 Å². The van der Waals surface area contributed by atoms with Crippen LogP contribution < -0.4 is 5.32 Å². The van der Waals surface area contributed by atoms with Gasteiger partial charge in [-0.05, 0) is 48.9 Å². The van der Waals surface area contributed by atoms with Crippen molar-refractivity contribution in [1.29, 1.82) is 5.26 Å². The Bertz CT molecular complexity index is 1210. The van der Waals surface area contributed by atoms with E-state index >= 15 is 0 Å². The van der Waals surface area contributed by atoms with Crippen LogP contribution in [-0.4, -0.2) is 26.6 Å². The number of halogens is 1. The molecule has 0 spiro atoms. The van der Waals surface area contributed by atoms with Gasteiger partial charge < -0.3 is 5.32 Å². The Labute approximate surface area is 165 Å². The van der Waals surface area contributed by atoms with Crippen LogP contribution in [-0.2, 0) is 0 Å². The number of aryl methyl sites for hydroxylation is 1. The summed E-state index contributed by atoms with van der Waals surface area (Å²) in [6, 6.07) is 16.0. The summed E-state index contributed by atoms with van der Waals surface area (Å²) in [5, 5.41) is 26.6. The van der Waals surface area contributed by atoms with Gasteiger partial charge in [0, 0.05) is 23.0 Å². The van der Waals surface area contributed by atoms with Crippen molar-refractivity contribution in [3.63, 3.8) is 0 Å². The minimum atomic E-state index is -0.313. The average Bonchev–Trinajstić information content (AvgIpc) is 3.33. The molecule has 0 radical (unpaired) electrons. The van der Waals surface area contributed by atoms with E-state index in [-0.39, 0.29) is 11.6 Å². The third-order valence-corrected chi connectivity index (χ3v) is 4.27. The molecule has 7 nitrogen and oxygen atoms in total. The number of hydrogen-bond donors (Lipinski definition) is 3. The lowest BCUT2D eigenvalue weighted by Crippen LogP contribution is -1.93. The minimum absolute atomic E-state index is 0.258. The molecule has 0 aliphatic heterocycles. The van der Waals surface area contributed by atoms with E-state index < -0.39 is 0 Å². The Morgan fingerprint density at radius 2 is 2.00 bits per heavy atom. The molecule has 29 heavy (non-hydrogen) atoms. The molecule has 2 aromatic carbocycles. The van der Waals surface area contributed by atoms with E-state index in [2.05, 4.69) is 36.8 Å². The zero-order chi connectivity index (χ0) is 20.2. The topological polar surface area (TPSA) is 106 Å². The Hall–Kier alpha value is -4.25. The molecular formula is C21H16FN7. The smallest absolute Gasteiger partial charge is 0.193 e. The molecule has 0 bridgehead atoms. The van der Waals surface area contributed by atoms with Gasteiger partial charge in [-0.25, -0.2) is 9.38 Å². The molecule has 4 rings (SSSR count). The highest BCUT2D eigenvalue weighted by atomic mass is 19.1. The predicted octanol–water partition coefficient (Wildman–Crippen LogP) is 4.61. The number of aromatic amines is 2. The van der Waals surface area contributed by atoms with Crippen molar-refractivity contribution in [1.82, 2.24) is 20.4 Å². The van der Waals surface area contributed by atoms with Gasteiger partial charge in [-0.3, -0.25) is 10.2 Å². The molecule has 142 valence electrons. The van der Waals surface area contributed by atoms with Crippen molar-refractivity contribution in [2.24, 2.45) is 4.99 Å². The van der Waals surface area contributed by atoms with Crippen LogP contribution in [0.3, 0.4) is 0 Å². The second-order valence-corrected chi connectivity index (χ2v) is 6.37. The van der Waals surface area contributed by atoms with Crippen LogP contribution in [0.4, 0.5) is 21.7 Å². The highest BCUT2D eigenvalue weighted by Gasteiger charge is 2.13. The van der Waals surface area contributed by atoms with E-state index in [9.17, 15) is 9.65 Å². The standard InChI is InChI=1S/C21H16FN7/c1-13-3-2-4-17(9-13)26-21-18(10-23)20(28-29-21)24-11-15-12-25-27-19(15)14-5-7-16(22)8-6-14/h2-9,11-12H,1H3,(H,25,27)(H2,26,28,29). The van der Waals surface area contributed by atoms with Crippen LogP contribution in [0.1, 0.15) is 16.7 Å². The normalized spacial score (nSPS) is 10.9. The van der Waals surface area contributed by atoms with Crippen LogP contribution in [0.5, 0.6) is 0 Å². The Morgan fingerprint density at radius 3 is 2.76 bits per heavy atom. The van der Waals surface area contributed by atoms with Crippen LogP contribution in [0.25, 0.3) is 11.3 Å². The number of benzene rings is 2. The summed E-state index contributed by atoms with van der Waals surface area (Å²) >= 11 is 0. The van der Waals surface area contributed by atoms with Gasteiger partial charge in [0.1, 0.15) is 23.3 Å². The predicted molar refractivity (Wildman–Crippen MR) is 109 cm³/mol. The quantitative estimate of drug-likeness (QED) is 0.436. The molecule has 4 aromatic rings. The lowest BCUT2D eigenvalue weighted by Gasteiger charge is -2.04. The summed E-state index contributed by atoms with van der Waals surface area (Å²) in [4.78, 5) is 4.34. The van der Waals surface area contributed by atoms with Gasteiger partial charge >= 0.3 is 0 Å². The largest absolute Gasteiger partial charge is 0.339 e. The summed E-state index contributed by atoms with van der Waals surface area (Å²) < 4.78 is 13.2. The fourth-order valence-corrected chi connectivity index (χ4v) is 2.86.